The van der Waals surface area contributed by atoms with E-state index in [0.29, 0.717) is 5.41 Å². The predicted octanol–water partition coefficient (Wildman–Crippen LogP) is 2.64. The Morgan fingerprint density at radius 3 is 2.82 bits per heavy atom. The molecule has 2 fully saturated rings. The summed E-state index contributed by atoms with van der Waals surface area (Å²) in [7, 11) is 0. The maximum Gasteiger partial charge on any atom is 0.157 e. The van der Waals surface area contributed by atoms with Crippen LogP contribution >= 0.6 is 0 Å². The van der Waals surface area contributed by atoms with Crippen LogP contribution in [0.3, 0.4) is 0 Å². The fraction of sp³-hybridized carbons (Fsp3) is 0.529. The lowest BCUT2D eigenvalue weighted by atomic mass is 9.78. The van der Waals surface area contributed by atoms with E-state index in [0.717, 1.165) is 48.9 Å². The highest BCUT2D eigenvalue weighted by Crippen LogP contribution is 2.40. The molecule has 0 amide bonds. The van der Waals surface area contributed by atoms with E-state index >= 15 is 0 Å². The highest BCUT2D eigenvalue weighted by atomic mass is 16.5. The minimum absolute atomic E-state index is 0.436. The van der Waals surface area contributed by atoms with Crippen LogP contribution in [0.5, 0.6) is 0 Å². The Kier molecular flexibility index (Phi) is 2.48. The van der Waals surface area contributed by atoms with E-state index < -0.39 is 0 Å². The van der Waals surface area contributed by atoms with E-state index in [1.165, 1.54) is 24.8 Å². The molecule has 2 aliphatic rings. The fourth-order valence-corrected chi connectivity index (χ4v) is 4.09. The molecule has 5 nitrogen and oxygen atoms in total. The molecule has 0 unspecified atom stereocenters. The van der Waals surface area contributed by atoms with Gasteiger partial charge < -0.3 is 9.64 Å². The molecule has 5 heteroatoms. The number of aryl methyl sites for hydroxylation is 1. The van der Waals surface area contributed by atoms with Crippen molar-refractivity contribution in [2.75, 3.05) is 31.2 Å². The molecule has 0 radical (unpaired) electrons. The van der Waals surface area contributed by atoms with E-state index in [1.54, 1.807) is 0 Å². The number of rotatable bonds is 1. The summed E-state index contributed by atoms with van der Waals surface area (Å²) in [6.45, 7) is 6.13. The molecular weight excluding hydrogens is 276 g/mol. The normalized spacial score (nSPS) is 21.6. The van der Waals surface area contributed by atoms with Crippen LogP contribution in [0.2, 0.25) is 0 Å². The van der Waals surface area contributed by atoms with Crippen molar-refractivity contribution < 1.29 is 4.74 Å². The fourth-order valence-electron chi connectivity index (χ4n) is 4.09. The Labute approximate surface area is 129 Å². The van der Waals surface area contributed by atoms with Gasteiger partial charge in [0, 0.05) is 19.7 Å². The lowest BCUT2D eigenvalue weighted by Crippen LogP contribution is -2.40. The van der Waals surface area contributed by atoms with Crippen molar-refractivity contribution >= 4 is 22.6 Å². The lowest BCUT2D eigenvalue weighted by Gasteiger charge is -2.38. The number of anilines is 1. The van der Waals surface area contributed by atoms with Gasteiger partial charge in [-0.05, 0) is 43.2 Å². The number of pyridine rings is 1. The van der Waals surface area contributed by atoms with Crippen LogP contribution < -0.4 is 4.90 Å². The summed E-state index contributed by atoms with van der Waals surface area (Å²) >= 11 is 0. The standard InChI is InChI=1S/C17H20N4O/c1-12-2-3-14-19-16(13-10-18-15(12)21(13)14)20-7-4-17(5-8-20)6-9-22-11-17/h2-3,10H,4-9,11H2,1H3. The Morgan fingerprint density at radius 2 is 2.05 bits per heavy atom. The van der Waals surface area contributed by atoms with Gasteiger partial charge in [0.1, 0.15) is 16.8 Å². The minimum atomic E-state index is 0.436. The van der Waals surface area contributed by atoms with Gasteiger partial charge in [-0.2, -0.15) is 0 Å². The smallest absolute Gasteiger partial charge is 0.157 e. The molecular formula is C17H20N4O. The first-order chi connectivity index (χ1) is 10.8. The summed E-state index contributed by atoms with van der Waals surface area (Å²) in [4.78, 5) is 11.9. The first-order valence-electron chi connectivity index (χ1n) is 8.15. The van der Waals surface area contributed by atoms with Gasteiger partial charge in [0.2, 0.25) is 0 Å². The van der Waals surface area contributed by atoms with E-state index in [-0.39, 0.29) is 0 Å². The molecule has 0 aromatic carbocycles. The number of aromatic nitrogens is 3. The molecule has 0 aliphatic carbocycles. The first kappa shape index (κ1) is 12.6. The van der Waals surface area contributed by atoms with Crippen LogP contribution in [0.25, 0.3) is 16.8 Å². The Hall–Kier alpha value is -1.88. The van der Waals surface area contributed by atoms with Crippen molar-refractivity contribution in [2.24, 2.45) is 5.41 Å². The zero-order valence-electron chi connectivity index (χ0n) is 12.9. The first-order valence-corrected chi connectivity index (χ1v) is 8.15. The maximum absolute atomic E-state index is 5.63. The SMILES string of the molecule is Cc1ccc2nc(N3CCC4(CCOC4)CC3)c3cnc1n23. The third-order valence-electron chi connectivity index (χ3n) is 5.58. The zero-order chi connectivity index (χ0) is 14.7. The Morgan fingerprint density at radius 1 is 1.18 bits per heavy atom. The topological polar surface area (TPSA) is 42.7 Å². The third kappa shape index (κ3) is 1.63. The molecule has 114 valence electrons. The summed E-state index contributed by atoms with van der Waals surface area (Å²) in [6, 6.07) is 4.20. The summed E-state index contributed by atoms with van der Waals surface area (Å²) < 4.78 is 7.82. The van der Waals surface area contributed by atoms with Gasteiger partial charge in [0.25, 0.3) is 0 Å². The van der Waals surface area contributed by atoms with Crippen LogP contribution in [-0.2, 0) is 4.74 Å². The van der Waals surface area contributed by atoms with E-state index in [1.807, 2.05) is 6.20 Å². The number of hydrogen-bond donors (Lipinski definition) is 0. The lowest BCUT2D eigenvalue weighted by molar-refractivity contribution is 0.133. The highest BCUT2D eigenvalue weighted by molar-refractivity contribution is 5.80. The van der Waals surface area contributed by atoms with Crippen molar-refractivity contribution in [1.29, 1.82) is 0 Å². The monoisotopic (exact) mass is 296 g/mol. The molecule has 5 heterocycles. The van der Waals surface area contributed by atoms with Crippen molar-refractivity contribution in [3.63, 3.8) is 0 Å². The summed E-state index contributed by atoms with van der Waals surface area (Å²) in [5, 5.41) is 0. The largest absolute Gasteiger partial charge is 0.381 e. The molecule has 0 N–H and O–H groups in total. The van der Waals surface area contributed by atoms with Gasteiger partial charge in [-0.3, -0.25) is 4.40 Å². The molecule has 0 atom stereocenters. The Bertz CT molecular complexity index is 824. The van der Waals surface area contributed by atoms with Crippen LogP contribution in [0.4, 0.5) is 5.82 Å². The number of hydrogen-bond acceptors (Lipinski definition) is 4. The predicted molar refractivity (Wildman–Crippen MR) is 85.7 cm³/mol. The van der Waals surface area contributed by atoms with Gasteiger partial charge in [-0.15, -0.1) is 0 Å². The molecule has 1 spiro atoms. The van der Waals surface area contributed by atoms with Crippen LogP contribution in [0, 0.1) is 12.3 Å². The van der Waals surface area contributed by atoms with Crippen molar-refractivity contribution in [3.05, 3.63) is 23.9 Å². The van der Waals surface area contributed by atoms with E-state index in [4.69, 9.17) is 9.72 Å². The summed E-state index contributed by atoms with van der Waals surface area (Å²) in [6.07, 6.45) is 5.62. The van der Waals surface area contributed by atoms with Gasteiger partial charge in [0.15, 0.2) is 5.82 Å². The average Bonchev–Trinajstić information content (AvgIpc) is 3.23. The van der Waals surface area contributed by atoms with E-state index in [9.17, 15) is 0 Å². The molecule has 2 aliphatic heterocycles. The van der Waals surface area contributed by atoms with Crippen LogP contribution in [0.15, 0.2) is 18.3 Å². The van der Waals surface area contributed by atoms with E-state index in [2.05, 4.69) is 33.3 Å². The Balaban J connectivity index is 1.52. The second-order valence-electron chi connectivity index (χ2n) is 6.90. The van der Waals surface area contributed by atoms with Crippen LogP contribution in [-0.4, -0.2) is 40.7 Å². The van der Waals surface area contributed by atoms with Gasteiger partial charge in [-0.25, -0.2) is 9.97 Å². The molecule has 0 saturated carbocycles. The van der Waals surface area contributed by atoms with Crippen molar-refractivity contribution in [3.8, 4) is 0 Å². The van der Waals surface area contributed by atoms with Crippen LogP contribution in [0.1, 0.15) is 24.8 Å². The molecule has 2 saturated heterocycles. The molecule has 3 aromatic heterocycles. The van der Waals surface area contributed by atoms with Gasteiger partial charge >= 0.3 is 0 Å². The average molecular weight is 296 g/mol. The number of nitrogens with zero attached hydrogens (tertiary/aromatic N) is 4. The van der Waals surface area contributed by atoms with Crippen molar-refractivity contribution in [2.45, 2.75) is 26.2 Å². The molecule has 0 bridgehead atoms. The highest BCUT2D eigenvalue weighted by Gasteiger charge is 2.38. The van der Waals surface area contributed by atoms with Crippen molar-refractivity contribution in [1.82, 2.24) is 14.4 Å². The molecule has 22 heavy (non-hydrogen) atoms. The number of piperidine rings is 1. The number of ether oxygens (including phenoxy) is 1. The molecule has 3 aromatic rings. The van der Waals surface area contributed by atoms with Gasteiger partial charge in [0.05, 0.1) is 12.8 Å². The summed E-state index contributed by atoms with van der Waals surface area (Å²) in [5.41, 5.74) is 4.82. The quantitative estimate of drug-likeness (QED) is 0.692. The second kappa shape index (κ2) is 4.32. The zero-order valence-corrected chi connectivity index (χ0v) is 12.9. The maximum atomic E-state index is 5.63. The summed E-state index contributed by atoms with van der Waals surface area (Å²) in [5.74, 6) is 1.10. The number of imidazole rings is 2. The third-order valence-corrected chi connectivity index (χ3v) is 5.58. The molecule has 5 rings (SSSR count). The van der Waals surface area contributed by atoms with Gasteiger partial charge in [-0.1, -0.05) is 6.07 Å². The minimum Gasteiger partial charge on any atom is -0.381 e. The second-order valence-corrected chi connectivity index (χ2v) is 6.90.